The van der Waals surface area contributed by atoms with Crippen molar-refractivity contribution in [1.29, 1.82) is 0 Å². The third-order valence-corrected chi connectivity index (χ3v) is 2.26. The zero-order valence-corrected chi connectivity index (χ0v) is 10.4. The molecule has 19 heavy (non-hydrogen) atoms. The molecule has 96 valence electrons. The van der Waals surface area contributed by atoms with E-state index in [1.807, 2.05) is 6.07 Å². The van der Waals surface area contributed by atoms with Crippen LogP contribution < -0.4 is 5.43 Å². The van der Waals surface area contributed by atoms with E-state index in [-0.39, 0.29) is 5.91 Å². The van der Waals surface area contributed by atoms with Crippen molar-refractivity contribution in [2.45, 2.75) is 6.92 Å². The fourth-order valence-corrected chi connectivity index (χ4v) is 1.32. The highest BCUT2D eigenvalue weighted by Gasteiger charge is 2.03. The predicted octanol–water partition coefficient (Wildman–Crippen LogP) is 2.49. The van der Waals surface area contributed by atoms with Crippen LogP contribution in [0.15, 0.2) is 58.4 Å². The first-order valence-electron chi connectivity index (χ1n) is 5.73. The maximum Gasteiger partial charge on any atom is 0.289 e. The van der Waals surface area contributed by atoms with E-state index >= 15 is 0 Å². The summed E-state index contributed by atoms with van der Waals surface area (Å²) in [6.07, 6.45) is 6.67. The van der Waals surface area contributed by atoms with Crippen LogP contribution in [0.4, 0.5) is 0 Å². The molecule has 0 aromatic carbocycles. The van der Waals surface area contributed by atoms with Crippen LogP contribution in [-0.2, 0) is 0 Å². The van der Waals surface area contributed by atoms with Crippen LogP contribution in [0.2, 0.25) is 0 Å². The molecule has 0 saturated carbocycles. The molecule has 0 fully saturated rings. The average molecular weight is 255 g/mol. The summed E-state index contributed by atoms with van der Waals surface area (Å²) in [6.45, 7) is 1.78. The van der Waals surface area contributed by atoms with Crippen molar-refractivity contribution < 1.29 is 9.21 Å². The van der Waals surface area contributed by atoms with Crippen molar-refractivity contribution >= 4 is 17.7 Å². The van der Waals surface area contributed by atoms with Gasteiger partial charge in [-0.2, -0.15) is 5.10 Å². The number of carbonyl (C=O) groups excluding carboxylic acids is 1. The predicted molar refractivity (Wildman–Crippen MR) is 72.6 cm³/mol. The van der Waals surface area contributed by atoms with Gasteiger partial charge in [-0.1, -0.05) is 6.07 Å². The first-order chi connectivity index (χ1) is 9.25. The van der Waals surface area contributed by atoms with E-state index in [2.05, 4.69) is 15.5 Å². The summed E-state index contributed by atoms with van der Waals surface area (Å²) in [5, 5.41) is 3.95. The van der Waals surface area contributed by atoms with E-state index in [4.69, 9.17) is 4.42 Å². The van der Waals surface area contributed by atoms with E-state index in [9.17, 15) is 4.79 Å². The first kappa shape index (κ1) is 12.8. The third-order valence-electron chi connectivity index (χ3n) is 2.26. The van der Waals surface area contributed by atoms with Crippen LogP contribution in [0.25, 0.3) is 6.08 Å². The quantitative estimate of drug-likeness (QED) is 0.674. The van der Waals surface area contributed by atoms with Gasteiger partial charge in [0.2, 0.25) is 0 Å². The lowest BCUT2D eigenvalue weighted by Gasteiger charge is -1.98. The molecule has 0 atom stereocenters. The van der Waals surface area contributed by atoms with Crippen LogP contribution in [-0.4, -0.2) is 16.6 Å². The summed E-state index contributed by atoms with van der Waals surface area (Å²) in [7, 11) is 0. The lowest BCUT2D eigenvalue weighted by molar-refractivity contribution is 0.0950. The average Bonchev–Trinajstić information content (AvgIpc) is 2.96. The van der Waals surface area contributed by atoms with Gasteiger partial charge in [0, 0.05) is 6.20 Å². The highest BCUT2D eigenvalue weighted by Crippen LogP contribution is 2.02. The normalized spacial score (nSPS) is 11.7. The van der Waals surface area contributed by atoms with E-state index < -0.39 is 0 Å². The van der Waals surface area contributed by atoms with E-state index in [1.54, 1.807) is 55.8 Å². The SMILES string of the molecule is CC(/C=C/c1ccco1)=N/NC(=O)c1ccccn1. The molecular formula is C14H13N3O2. The molecule has 0 aliphatic heterocycles. The van der Waals surface area contributed by atoms with Crippen molar-refractivity contribution in [3.63, 3.8) is 0 Å². The van der Waals surface area contributed by atoms with Crippen LogP contribution in [0.3, 0.4) is 0 Å². The maximum absolute atomic E-state index is 11.7. The van der Waals surface area contributed by atoms with Gasteiger partial charge in [0.1, 0.15) is 11.5 Å². The van der Waals surface area contributed by atoms with Crippen LogP contribution in [0.1, 0.15) is 23.2 Å². The summed E-state index contributed by atoms with van der Waals surface area (Å²) in [4.78, 5) is 15.6. The Morgan fingerprint density at radius 3 is 2.95 bits per heavy atom. The molecule has 5 nitrogen and oxygen atoms in total. The molecule has 0 unspecified atom stereocenters. The summed E-state index contributed by atoms with van der Waals surface area (Å²) in [6, 6.07) is 8.75. The highest BCUT2D eigenvalue weighted by molar-refractivity contribution is 5.98. The molecule has 2 rings (SSSR count). The fourth-order valence-electron chi connectivity index (χ4n) is 1.32. The van der Waals surface area contributed by atoms with Crippen molar-refractivity contribution in [2.75, 3.05) is 0 Å². The van der Waals surface area contributed by atoms with E-state index in [0.29, 0.717) is 11.4 Å². The molecule has 0 aliphatic carbocycles. The maximum atomic E-state index is 11.7. The molecule has 0 spiro atoms. The molecule has 0 radical (unpaired) electrons. The number of hydrazone groups is 1. The number of amides is 1. The molecule has 5 heteroatoms. The Labute approximate surface area is 110 Å². The minimum Gasteiger partial charge on any atom is -0.465 e. The number of hydrogen-bond acceptors (Lipinski definition) is 4. The number of nitrogens with one attached hydrogen (secondary N) is 1. The Bertz CT molecular complexity index is 586. The molecule has 2 heterocycles. The van der Waals surface area contributed by atoms with Crippen molar-refractivity contribution in [1.82, 2.24) is 10.4 Å². The second-order valence-corrected chi connectivity index (χ2v) is 3.76. The lowest BCUT2D eigenvalue weighted by Crippen LogP contribution is -2.19. The number of rotatable bonds is 4. The summed E-state index contributed by atoms with van der Waals surface area (Å²) < 4.78 is 5.14. The molecule has 1 N–H and O–H groups in total. The highest BCUT2D eigenvalue weighted by atomic mass is 16.3. The van der Waals surface area contributed by atoms with E-state index in [1.165, 1.54) is 0 Å². The largest absolute Gasteiger partial charge is 0.465 e. The number of furan rings is 1. The van der Waals surface area contributed by atoms with E-state index in [0.717, 1.165) is 5.76 Å². The second kappa shape index (κ2) is 6.30. The Morgan fingerprint density at radius 1 is 1.37 bits per heavy atom. The summed E-state index contributed by atoms with van der Waals surface area (Å²) in [5.41, 5.74) is 3.41. The number of nitrogens with zero attached hydrogens (tertiary/aromatic N) is 2. The summed E-state index contributed by atoms with van der Waals surface area (Å²) in [5.74, 6) is 0.386. The Morgan fingerprint density at radius 2 is 2.26 bits per heavy atom. The van der Waals surface area contributed by atoms with Crippen molar-refractivity contribution in [2.24, 2.45) is 5.10 Å². The monoisotopic (exact) mass is 255 g/mol. The number of allylic oxidation sites excluding steroid dienone is 1. The van der Waals surface area contributed by atoms with Gasteiger partial charge in [-0.15, -0.1) is 0 Å². The van der Waals surface area contributed by atoms with Gasteiger partial charge in [-0.25, -0.2) is 5.43 Å². The molecule has 2 aromatic heterocycles. The minimum absolute atomic E-state index is 0.328. The molecule has 0 saturated heterocycles. The number of hydrogen-bond donors (Lipinski definition) is 1. The van der Waals surface area contributed by atoms with Gasteiger partial charge in [0.15, 0.2) is 0 Å². The number of aromatic nitrogens is 1. The van der Waals surface area contributed by atoms with Gasteiger partial charge >= 0.3 is 0 Å². The van der Waals surface area contributed by atoms with Crippen LogP contribution >= 0.6 is 0 Å². The topological polar surface area (TPSA) is 67.5 Å². The fraction of sp³-hybridized carbons (Fsp3) is 0.0714. The van der Waals surface area contributed by atoms with Gasteiger partial charge in [0.25, 0.3) is 5.91 Å². The molecule has 0 bridgehead atoms. The number of pyridine rings is 1. The zero-order valence-electron chi connectivity index (χ0n) is 10.4. The van der Waals surface area contributed by atoms with Gasteiger partial charge in [-0.05, 0) is 43.3 Å². The molecule has 2 aromatic rings. The molecule has 0 aliphatic rings. The van der Waals surface area contributed by atoms with Gasteiger partial charge in [0.05, 0.1) is 12.0 Å². The van der Waals surface area contributed by atoms with Crippen LogP contribution in [0.5, 0.6) is 0 Å². The smallest absolute Gasteiger partial charge is 0.289 e. The minimum atomic E-state index is -0.341. The third kappa shape index (κ3) is 3.92. The van der Waals surface area contributed by atoms with Crippen LogP contribution in [0, 0.1) is 0 Å². The zero-order chi connectivity index (χ0) is 13.5. The van der Waals surface area contributed by atoms with Gasteiger partial charge in [-0.3, -0.25) is 9.78 Å². The Balaban J connectivity index is 1.93. The molecule has 1 amide bonds. The Hall–Kier alpha value is -2.69. The van der Waals surface area contributed by atoms with Crippen molar-refractivity contribution in [3.05, 3.63) is 60.3 Å². The summed E-state index contributed by atoms with van der Waals surface area (Å²) >= 11 is 0. The standard InChI is InChI=1S/C14H13N3O2/c1-11(7-8-12-5-4-10-19-12)16-17-14(18)13-6-2-3-9-15-13/h2-10H,1H3,(H,17,18)/b8-7+,16-11-. The Kier molecular flexibility index (Phi) is 4.23. The number of carbonyl (C=O) groups is 1. The van der Waals surface area contributed by atoms with Gasteiger partial charge < -0.3 is 4.42 Å². The first-order valence-corrected chi connectivity index (χ1v) is 5.73. The second-order valence-electron chi connectivity index (χ2n) is 3.76. The molecular weight excluding hydrogens is 242 g/mol. The lowest BCUT2D eigenvalue weighted by atomic mass is 10.3. The van der Waals surface area contributed by atoms with Crippen molar-refractivity contribution in [3.8, 4) is 0 Å².